The lowest BCUT2D eigenvalue weighted by Gasteiger charge is -2.17. The third kappa shape index (κ3) is 4.48. The Labute approximate surface area is 126 Å². The maximum absolute atomic E-state index is 11.7. The molecule has 2 rings (SSSR count). The molecule has 1 aliphatic rings. The monoisotopic (exact) mass is 288 g/mol. The predicted molar refractivity (Wildman–Crippen MR) is 84.7 cm³/mol. The average molecular weight is 288 g/mol. The molecule has 1 aromatic rings. The van der Waals surface area contributed by atoms with Gasteiger partial charge in [-0.15, -0.1) is 0 Å². The van der Waals surface area contributed by atoms with Gasteiger partial charge >= 0.3 is 0 Å². The van der Waals surface area contributed by atoms with E-state index in [1.54, 1.807) is 0 Å². The third-order valence-corrected chi connectivity index (χ3v) is 3.63. The largest absolute Gasteiger partial charge is 0.370 e. The molecule has 3 N–H and O–H groups in total. The topological polar surface area (TPSA) is 70.7 Å². The first-order valence-corrected chi connectivity index (χ1v) is 7.59. The molecule has 1 saturated heterocycles. The number of nitrogens with zero attached hydrogens (tertiary/aromatic N) is 2. The zero-order chi connectivity index (χ0) is 15.1. The van der Waals surface area contributed by atoms with Gasteiger partial charge < -0.3 is 16.0 Å². The quantitative estimate of drug-likeness (QED) is 0.617. The number of guanidine groups is 1. The van der Waals surface area contributed by atoms with Crippen molar-refractivity contribution in [3.8, 4) is 0 Å². The predicted octanol–water partition coefficient (Wildman–Crippen LogP) is 1.62. The van der Waals surface area contributed by atoms with Crippen LogP contribution in [-0.2, 0) is 17.9 Å². The van der Waals surface area contributed by atoms with Crippen LogP contribution in [0.4, 0.5) is 0 Å². The number of benzene rings is 1. The van der Waals surface area contributed by atoms with E-state index in [0.717, 1.165) is 37.1 Å². The molecule has 5 heteroatoms. The minimum atomic E-state index is 0.248. The van der Waals surface area contributed by atoms with Crippen molar-refractivity contribution in [1.29, 1.82) is 0 Å². The van der Waals surface area contributed by atoms with Gasteiger partial charge in [-0.3, -0.25) is 4.79 Å². The number of hydrogen-bond acceptors (Lipinski definition) is 2. The smallest absolute Gasteiger partial charge is 0.222 e. The fraction of sp³-hybridized carbons (Fsp3) is 0.500. The summed E-state index contributed by atoms with van der Waals surface area (Å²) in [6.07, 6.45) is 2.66. The van der Waals surface area contributed by atoms with E-state index >= 15 is 0 Å². The Morgan fingerprint density at radius 2 is 2.14 bits per heavy atom. The van der Waals surface area contributed by atoms with Gasteiger partial charge in [-0.1, -0.05) is 31.2 Å². The van der Waals surface area contributed by atoms with Gasteiger partial charge in [-0.2, -0.15) is 0 Å². The Morgan fingerprint density at radius 3 is 2.81 bits per heavy atom. The van der Waals surface area contributed by atoms with Crippen LogP contribution in [0.15, 0.2) is 29.3 Å². The Balaban J connectivity index is 2.01. The zero-order valence-corrected chi connectivity index (χ0v) is 12.6. The number of aliphatic imine (C=N–C) groups is 1. The summed E-state index contributed by atoms with van der Waals surface area (Å²) in [5, 5.41) is 3.07. The lowest BCUT2D eigenvalue weighted by molar-refractivity contribution is -0.128. The van der Waals surface area contributed by atoms with Crippen molar-refractivity contribution in [2.75, 3.05) is 13.1 Å². The fourth-order valence-electron chi connectivity index (χ4n) is 2.42. The summed E-state index contributed by atoms with van der Waals surface area (Å²) in [6, 6.07) is 8.11. The Morgan fingerprint density at radius 1 is 1.38 bits per heavy atom. The van der Waals surface area contributed by atoms with Crippen LogP contribution in [0.5, 0.6) is 0 Å². The van der Waals surface area contributed by atoms with Crippen molar-refractivity contribution in [2.24, 2.45) is 10.7 Å². The molecule has 0 saturated carbocycles. The summed E-state index contributed by atoms with van der Waals surface area (Å²) in [4.78, 5) is 18.0. The number of rotatable bonds is 6. The highest BCUT2D eigenvalue weighted by Crippen LogP contribution is 2.17. The van der Waals surface area contributed by atoms with Crippen molar-refractivity contribution < 1.29 is 4.79 Å². The van der Waals surface area contributed by atoms with Gasteiger partial charge in [0.2, 0.25) is 5.91 Å². The Bertz CT molecular complexity index is 513. The van der Waals surface area contributed by atoms with Gasteiger partial charge in [0, 0.05) is 26.1 Å². The van der Waals surface area contributed by atoms with E-state index in [1.165, 1.54) is 0 Å². The second-order valence-corrected chi connectivity index (χ2v) is 5.32. The fourth-order valence-corrected chi connectivity index (χ4v) is 2.42. The molecule has 0 aromatic heterocycles. The molecular weight excluding hydrogens is 264 g/mol. The Kier molecular flexibility index (Phi) is 5.60. The molecule has 1 heterocycles. The molecule has 5 nitrogen and oxygen atoms in total. The van der Waals surface area contributed by atoms with Crippen molar-refractivity contribution in [2.45, 2.75) is 39.3 Å². The number of amides is 1. The van der Waals surface area contributed by atoms with Gasteiger partial charge in [-0.05, 0) is 24.0 Å². The number of carbonyl (C=O) groups excluding carboxylic acids is 1. The van der Waals surface area contributed by atoms with E-state index in [2.05, 4.69) is 23.3 Å². The zero-order valence-electron chi connectivity index (χ0n) is 12.6. The second kappa shape index (κ2) is 7.67. The van der Waals surface area contributed by atoms with Gasteiger partial charge in [0.25, 0.3) is 0 Å². The summed E-state index contributed by atoms with van der Waals surface area (Å²) in [5.41, 5.74) is 8.09. The maximum Gasteiger partial charge on any atom is 0.222 e. The molecule has 1 aromatic carbocycles. The number of hydrogen-bond donors (Lipinski definition) is 2. The number of nitrogens with two attached hydrogens (primary N) is 1. The minimum absolute atomic E-state index is 0.248. The standard InChI is InChI=1S/C16H24N4O/c1-2-9-18-16(17)19-11-13-6-3-4-7-14(13)12-20-10-5-8-15(20)21/h3-4,6-7H,2,5,8-12H2,1H3,(H3,17,18,19). The first kappa shape index (κ1) is 15.4. The molecular formula is C16H24N4O. The highest BCUT2D eigenvalue weighted by atomic mass is 16.2. The van der Waals surface area contributed by atoms with E-state index in [0.29, 0.717) is 25.5 Å². The summed E-state index contributed by atoms with van der Waals surface area (Å²) < 4.78 is 0. The third-order valence-electron chi connectivity index (χ3n) is 3.63. The van der Waals surface area contributed by atoms with Gasteiger partial charge in [0.05, 0.1) is 6.54 Å². The first-order valence-electron chi connectivity index (χ1n) is 7.59. The van der Waals surface area contributed by atoms with E-state index < -0.39 is 0 Å². The molecule has 1 fully saturated rings. The molecule has 1 aliphatic heterocycles. The summed E-state index contributed by atoms with van der Waals surface area (Å²) in [5.74, 6) is 0.723. The van der Waals surface area contributed by atoms with Crippen molar-refractivity contribution in [3.05, 3.63) is 35.4 Å². The summed E-state index contributed by atoms with van der Waals surface area (Å²) >= 11 is 0. The molecule has 0 radical (unpaired) electrons. The lowest BCUT2D eigenvalue weighted by Crippen LogP contribution is -2.32. The normalized spacial score (nSPS) is 15.6. The number of nitrogens with one attached hydrogen (secondary N) is 1. The van der Waals surface area contributed by atoms with Crippen LogP contribution in [0.3, 0.4) is 0 Å². The molecule has 0 atom stereocenters. The Hall–Kier alpha value is -2.04. The van der Waals surface area contributed by atoms with Gasteiger partial charge in [0.15, 0.2) is 5.96 Å². The van der Waals surface area contributed by atoms with Crippen molar-refractivity contribution >= 4 is 11.9 Å². The van der Waals surface area contributed by atoms with E-state index in [-0.39, 0.29) is 5.91 Å². The van der Waals surface area contributed by atoms with Crippen LogP contribution in [0, 0.1) is 0 Å². The van der Waals surface area contributed by atoms with Crippen molar-refractivity contribution in [1.82, 2.24) is 10.2 Å². The van der Waals surface area contributed by atoms with Crippen molar-refractivity contribution in [3.63, 3.8) is 0 Å². The number of carbonyl (C=O) groups is 1. The first-order chi connectivity index (χ1) is 10.2. The second-order valence-electron chi connectivity index (χ2n) is 5.32. The lowest BCUT2D eigenvalue weighted by atomic mass is 10.1. The molecule has 0 aliphatic carbocycles. The van der Waals surface area contributed by atoms with Crippen LogP contribution >= 0.6 is 0 Å². The maximum atomic E-state index is 11.7. The summed E-state index contributed by atoms with van der Waals surface area (Å²) in [7, 11) is 0. The van der Waals surface area contributed by atoms with E-state index in [9.17, 15) is 4.79 Å². The van der Waals surface area contributed by atoms with Crippen LogP contribution in [-0.4, -0.2) is 29.9 Å². The van der Waals surface area contributed by atoms with Crippen LogP contribution in [0.1, 0.15) is 37.3 Å². The van der Waals surface area contributed by atoms with Crippen LogP contribution in [0.25, 0.3) is 0 Å². The van der Waals surface area contributed by atoms with Gasteiger partial charge in [-0.25, -0.2) is 4.99 Å². The van der Waals surface area contributed by atoms with Gasteiger partial charge in [0.1, 0.15) is 0 Å². The van der Waals surface area contributed by atoms with E-state index in [1.807, 2.05) is 23.1 Å². The average Bonchev–Trinajstić information content (AvgIpc) is 2.89. The van der Waals surface area contributed by atoms with Crippen LogP contribution in [0.2, 0.25) is 0 Å². The molecule has 114 valence electrons. The van der Waals surface area contributed by atoms with Crippen LogP contribution < -0.4 is 11.1 Å². The molecule has 21 heavy (non-hydrogen) atoms. The SMILES string of the molecule is CCCNC(N)=NCc1ccccc1CN1CCCC1=O. The highest BCUT2D eigenvalue weighted by molar-refractivity contribution is 5.78. The summed E-state index contributed by atoms with van der Waals surface area (Å²) in [6.45, 7) is 4.99. The molecule has 1 amide bonds. The molecule has 0 unspecified atom stereocenters. The van der Waals surface area contributed by atoms with E-state index in [4.69, 9.17) is 5.73 Å². The number of likely N-dealkylation sites (tertiary alicyclic amines) is 1. The highest BCUT2D eigenvalue weighted by Gasteiger charge is 2.20. The molecule has 0 bridgehead atoms. The minimum Gasteiger partial charge on any atom is -0.370 e. The molecule has 0 spiro atoms.